The first-order valence-electron chi connectivity index (χ1n) is 11.1. The molecule has 0 unspecified atom stereocenters. The fraction of sp³-hybridized carbons (Fsp3) is 0.269. The highest BCUT2D eigenvalue weighted by molar-refractivity contribution is 6.05. The van der Waals surface area contributed by atoms with Crippen LogP contribution in [0, 0.1) is 0 Å². The van der Waals surface area contributed by atoms with E-state index in [1.165, 1.54) is 5.69 Å². The largest absolute Gasteiger partial charge is 0.372 e. The van der Waals surface area contributed by atoms with Gasteiger partial charge in [0.25, 0.3) is 5.91 Å². The Bertz CT molecular complexity index is 1270. The van der Waals surface area contributed by atoms with Crippen LogP contribution in [0.1, 0.15) is 29.8 Å². The Morgan fingerprint density at radius 2 is 2.00 bits per heavy atom. The van der Waals surface area contributed by atoms with Crippen molar-refractivity contribution >= 4 is 22.6 Å². The zero-order valence-electron chi connectivity index (χ0n) is 18.8. The van der Waals surface area contributed by atoms with Crippen molar-refractivity contribution < 1.29 is 9.53 Å². The fourth-order valence-corrected chi connectivity index (χ4v) is 4.20. The average Bonchev–Trinajstić information content (AvgIpc) is 3.27. The molecule has 5 rings (SSSR count). The molecule has 1 aliphatic heterocycles. The van der Waals surface area contributed by atoms with Crippen LogP contribution < -0.4 is 10.2 Å². The Balaban J connectivity index is 1.36. The molecule has 0 bridgehead atoms. The van der Waals surface area contributed by atoms with Crippen LogP contribution in [0.3, 0.4) is 0 Å². The number of pyridine rings is 1. The molecule has 0 atom stereocenters. The monoisotopic (exact) mass is 441 g/mol. The number of anilines is 1. The summed E-state index contributed by atoms with van der Waals surface area (Å²) in [6, 6.07) is 17.8. The number of nitrogens with zero attached hydrogens (tertiary/aromatic N) is 3. The molecule has 33 heavy (non-hydrogen) atoms. The summed E-state index contributed by atoms with van der Waals surface area (Å²) in [6.07, 6.45) is 3.46. The number of carbonyl (C=O) groups excluding carboxylic acids is 1. The van der Waals surface area contributed by atoms with Gasteiger partial charge in [-0.3, -0.25) is 9.78 Å². The third-order valence-corrected chi connectivity index (χ3v) is 5.86. The highest BCUT2D eigenvalue weighted by atomic mass is 16.5. The number of aromatic amines is 1. The van der Waals surface area contributed by atoms with Gasteiger partial charge in [0.05, 0.1) is 23.3 Å². The van der Waals surface area contributed by atoms with Crippen molar-refractivity contribution in [2.45, 2.75) is 26.0 Å². The number of amides is 1. The number of morpholine rings is 1. The number of fused-ring (bicyclic) bond motifs is 1. The van der Waals surface area contributed by atoms with Gasteiger partial charge in [-0.15, -0.1) is 0 Å². The van der Waals surface area contributed by atoms with E-state index < -0.39 is 0 Å². The maximum absolute atomic E-state index is 12.8. The Kier molecular flexibility index (Phi) is 5.56. The van der Waals surface area contributed by atoms with E-state index in [2.05, 4.69) is 58.3 Å². The minimum Gasteiger partial charge on any atom is -0.372 e. The van der Waals surface area contributed by atoms with Gasteiger partial charge in [0.15, 0.2) is 0 Å². The van der Waals surface area contributed by atoms with Gasteiger partial charge in [0.2, 0.25) is 0 Å². The summed E-state index contributed by atoms with van der Waals surface area (Å²) in [4.78, 5) is 27.4. The van der Waals surface area contributed by atoms with E-state index in [4.69, 9.17) is 9.72 Å². The standard InChI is InChI=1S/C26H27N5O2/c1-26(2)17-31(13-14-33-26)20-10-8-19(9-11-20)24-29-22-7-3-6-21(23(22)30-24)25(32)28-16-18-5-4-12-27-15-18/h3-12,15H,13-14,16-17H2,1-2H3,(H,28,32)(H,29,30). The van der Waals surface area contributed by atoms with Crippen molar-refractivity contribution in [3.05, 3.63) is 78.1 Å². The summed E-state index contributed by atoms with van der Waals surface area (Å²) >= 11 is 0. The van der Waals surface area contributed by atoms with Gasteiger partial charge in [0.1, 0.15) is 11.3 Å². The number of benzene rings is 2. The van der Waals surface area contributed by atoms with Gasteiger partial charge in [-0.25, -0.2) is 4.98 Å². The molecule has 168 valence electrons. The Labute approximate surface area is 192 Å². The molecule has 7 heteroatoms. The summed E-state index contributed by atoms with van der Waals surface area (Å²) in [6.45, 7) is 7.11. The van der Waals surface area contributed by atoms with Crippen LogP contribution >= 0.6 is 0 Å². The zero-order chi connectivity index (χ0) is 22.8. The Morgan fingerprint density at radius 3 is 2.76 bits per heavy atom. The number of rotatable bonds is 5. The van der Waals surface area contributed by atoms with E-state index in [9.17, 15) is 4.79 Å². The second-order valence-corrected chi connectivity index (χ2v) is 8.91. The number of imidazole rings is 1. The lowest BCUT2D eigenvalue weighted by Gasteiger charge is -2.39. The second-order valence-electron chi connectivity index (χ2n) is 8.91. The van der Waals surface area contributed by atoms with Crippen molar-refractivity contribution in [1.82, 2.24) is 20.3 Å². The van der Waals surface area contributed by atoms with E-state index in [1.807, 2.05) is 24.3 Å². The minimum absolute atomic E-state index is 0.149. The fourth-order valence-electron chi connectivity index (χ4n) is 4.20. The lowest BCUT2D eigenvalue weighted by atomic mass is 10.1. The molecule has 2 aromatic carbocycles. The van der Waals surface area contributed by atoms with Crippen molar-refractivity contribution in [2.24, 2.45) is 0 Å². The molecule has 2 N–H and O–H groups in total. The molecule has 0 aliphatic carbocycles. The van der Waals surface area contributed by atoms with Crippen molar-refractivity contribution in [2.75, 3.05) is 24.6 Å². The second kappa shape index (κ2) is 8.67. The summed E-state index contributed by atoms with van der Waals surface area (Å²) in [5.74, 6) is 0.583. The number of H-pyrrole nitrogens is 1. The lowest BCUT2D eigenvalue weighted by Crippen LogP contribution is -2.48. The minimum atomic E-state index is -0.159. The highest BCUT2D eigenvalue weighted by Crippen LogP contribution is 2.27. The molecule has 0 spiro atoms. The number of ether oxygens (including phenoxy) is 1. The SMILES string of the molecule is CC1(C)CN(c2ccc(-c3nc4c(C(=O)NCc5cccnc5)cccc4[nH]3)cc2)CCO1. The molecule has 0 radical (unpaired) electrons. The molecule has 4 aromatic rings. The number of para-hydroxylation sites is 1. The third kappa shape index (κ3) is 4.59. The lowest BCUT2D eigenvalue weighted by molar-refractivity contribution is -0.0276. The van der Waals surface area contributed by atoms with E-state index in [1.54, 1.807) is 18.5 Å². The molecule has 0 saturated carbocycles. The summed E-state index contributed by atoms with van der Waals surface area (Å²) in [5, 5.41) is 2.96. The van der Waals surface area contributed by atoms with E-state index in [-0.39, 0.29) is 11.5 Å². The van der Waals surface area contributed by atoms with Crippen LogP contribution in [-0.2, 0) is 11.3 Å². The van der Waals surface area contributed by atoms with E-state index >= 15 is 0 Å². The van der Waals surface area contributed by atoms with Crippen LogP contribution in [-0.4, -0.2) is 46.2 Å². The third-order valence-electron chi connectivity index (χ3n) is 5.86. The van der Waals surface area contributed by atoms with Gasteiger partial charge in [-0.05, 0) is 61.9 Å². The van der Waals surface area contributed by atoms with Crippen LogP contribution in [0.5, 0.6) is 0 Å². The van der Waals surface area contributed by atoms with Crippen LogP contribution in [0.15, 0.2) is 67.0 Å². The van der Waals surface area contributed by atoms with Gasteiger partial charge < -0.3 is 19.9 Å². The number of aromatic nitrogens is 3. The predicted octanol–water partition coefficient (Wildman–Crippen LogP) is 4.17. The summed E-state index contributed by atoms with van der Waals surface area (Å²) in [5.41, 5.74) is 4.98. The van der Waals surface area contributed by atoms with E-state index in [0.717, 1.165) is 42.2 Å². The maximum atomic E-state index is 12.8. The number of hydrogen-bond acceptors (Lipinski definition) is 5. The molecular formula is C26H27N5O2. The van der Waals surface area contributed by atoms with Gasteiger partial charge in [-0.1, -0.05) is 12.1 Å². The molecule has 7 nitrogen and oxygen atoms in total. The van der Waals surface area contributed by atoms with Crippen LogP contribution in [0.2, 0.25) is 0 Å². The van der Waals surface area contributed by atoms with Crippen molar-refractivity contribution in [3.63, 3.8) is 0 Å². The zero-order valence-corrected chi connectivity index (χ0v) is 18.8. The molecular weight excluding hydrogens is 414 g/mol. The molecule has 3 heterocycles. The van der Waals surface area contributed by atoms with Crippen LogP contribution in [0.4, 0.5) is 5.69 Å². The highest BCUT2D eigenvalue weighted by Gasteiger charge is 2.27. The van der Waals surface area contributed by atoms with Crippen molar-refractivity contribution in [3.8, 4) is 11.4 Å². The van der Waals surface area contributed by atoms with Crippen LogP contribution in [0.25, 0.3) is 22.4 Å². The smallest absolute Gasteiger partial charge is 0.253 e. The van der Waals surface area contributed by atoms with Gasteiger partial charge in [-0.2, -0.15) is 0 Å². The first kappa shape index (κ1) is 21.2. The number of hydrogen-bond donors (Lipinski definition) is 2. The molecule has 2 aromatic heterocycles. The first-order chi connectivity index (χ1) is 16.0. The number of carbonyl (C=O) groups is 1. The van der Waals surface area contributed by atoms with Crippen molar-refractivity contribution in [1.29, 1.82) is 0 Å². The topological polar surface area (TPSA) is 83.1 Å². The van der Waals surface area contributed by atoms with Gasteiger partial charge in [0, 0.05) is 43.3 Å². The summed E-state index contributed by atoms with van der Waals surface area (Å²) < 4.78 is 5.82. The van der Waals surface area contributed by atoms with Gasteiger partial charge >= 0.3 is 0 Å². The molecule has 1 fully saturated rings. The Hall–Kier alpha value is -3.71. The first-order valence-corrected chi connectivity index (χ1v) is 11.1. The molecule has 1 aliphatic rings. The molecule has 1 saturated heterocycles. The van der Waals surface area contributed by atoms with E-state index in [0.29, 0.717) is 17.6 Å². The quantitative estimate of drug-likeness (QED) is 0.486. The molecule has 1 amide bonds. The predicted molar refractivity (Wildman–Crippen MR) is 129 cm³/mol. The maximum Gasteiger partial charge on any atom is 0.253 e. The summed E-state index contributed by atoms with van der Waals surface area (Å²) in [7, 11) is 0. The Morgan fingerprint density at radius 1 is 1.15 bits per heavy atom. The average molecular weight is 442 g/mol. The number of nitrogens with one attached hydrogen (secondary N) is 2. The normalized spacial score (nSPS) is 15.5.